The first-order chi connectivity index (χ1) is 4.30. The molecule has 0 bridgehead atoms. The third-order valence-electron chi connectivity index (χ3n) is 0.934. The summed E-state index contributed by atoms with van der Waals surface area (Å²) in [5.41, 5.74) is 0.692. The van der Waals surface area contributed by atoms with Crippen molar-refractivity contribution in [2.75, 3.05) is 12.1 Å². The molecule has 0 saturated carbocycles. The van der Waals surface area contributed by atoms with Crippen LogP contribution in [0.5, 0.6) is 0 Å². The molecular formula is C5H7N4-. The van der Waals surface area contributed by atoms with E-state index in [1.807, 2.05) is 0 Å². The smallest absolute Gasteiger partial charge is 0.115 e. The lowest BCUT2D eigenvalue weighted by Crippen LogP contribution is -2.03. The molecule has 9 heavy (non-hydrogen) atoms. The van der Waals surface area contributed by atoms with E-state index >= 15 is 0 Å². The van der Waals surface area contributed by atoms with Gasteiger partial charge in [0.1, 0.15) is 6.33 Å². The molecule has 0 radical (unpaired) electrons. The van der Waals surface area contributed by atoms with Crippen LogP contribution in [0.3, 0.4) is 0 Å². The molecule has 0 atom stereocenters. The van der Waals surface area contributed by atoms with Crippen LogP contribution in [0.1, 0.15) is 0 Å². The van der Waals surface area contributed by atoms with Gasteiger partial charge >= 0.3 is 0 Å². The van der Waals surface area contributed by atoms with E-state index in [0.717, 1.165) is 0 Å². The Morgan fingerprint density at radius 2 is 2.00 bits per heavy atom. The highest BCUT2D eigenvalue weighted by Gasteiger charge is 1.84. The van der Waals surface area contributed by atoms with E-state index in [-0.39, 0.29) is 0 Å². The van der Waals surface area contributed by atoms with Crippen LogP contribution in [-0.2, 0) is 0 Å². The third-order valence-corrected chi connectivity index (χ3v) is 0.934. The standard InChI is InChI=1S/C5H7N4/c1-9(6)5-2-7-4-8-3-5/h2-4,6H,1H3/q-1. The number of anilines is 1. The maximum atomic E-state index is 7.07. The molecule has 4 heteroatoms. The number of hydrogen-bond acceptors (Lipinski definition) is 3. The largest absolute Gasteiger partial charge is 0.583 e. The van der Waals surface area contributed by atoms with Crippen molar-refractivity contribution in [2.24, 2.45) is 0 Å². The van der Waals surface area contributed by atoms with Gasteiger partial charge in [-0.15, -0.1) is 0 Å². The Labute approximate surface area is 53.3 Å². The van der Waals surface area contributed by atoms with Crippen molar-refractivity contribution >= 4 is 5.69 Å². The summed E-state index contributed by atoms with van der Waals surface area (Å²) in [6.07, 6.45) is 4.60. The Hall–Kier alpha value is -1.16. The highest BCUT2D eigenvalue weighted by atomic mass is 15.4. The second-order valence-electron chi connectivity index (χ2n) is 1.66. The molecular weight excluding hydrogens is 116 g/mol. The van der Waals surface area contributed by atoms with Gasteiger partial charge in [0.05, 0.1) is 18.1 Å². The van der Waals surface area contributed by atoms with Crippen LogP contribution in [0.2, 0.25) is 0 Å². The zero-order valence-electron chi connectivity index (χ0n) is 5.07. The molecule has 0 saturated heterocycles. The summed E-state index contributed by atoms with van der Waals surface area (Å²) in [6, 6.07) is 0. The van der Waals surface area contributed by atoms with Crippen LogP contribution in [0, 0.1) is 0 Å². The van der Waals surface area contributed by atoms with E-state index in [2.05, 4.69) is 9.97 Å². The summed E-state index contributed by atoms with van der Waals surface area (Å²) in [6.45, 7) is 0. The molecule has 0 amide bonds. The van der Waals surface area contributed by atoms with Crippen LogP contribution in [0.15, 0.2) is 18.7 Å². The molecule has 0 fully saturated rings. The lowest BCUT2D eigenvalue weighted by Gasteiger charge is -2.20. The Morgan fingerprint density at radius 1 is 1.44 bits per heavy atom. The van der Waals surface area contributed by atoms with Crippen LogP contribution < -0.4 is 5.01 Å². The highest BCUT2D eigenvalue weighted by Crippen LogP contribution is 2.05. The highest BCUT2D eigenvalue weighted by molar-refractivity contribution is 5.40. The number of aromatic nitrogens is 2. The van der Waals surface area contributed by atoms with E-state index in [9.17, 15) is 0 Å². The third kappa shape index (κ3) is 1.36. The monoisotopic (exact) mass is 123 g/mol. The molecule has 0 aromatic carbocycles. The fraction of sp³-hybridized carbons (Fsp3) is 0.200. The molecule has 0 aliphatic heterocycles. The molecule has 1 aromatic rings. The Kier molecular flexibility index (Phi) is 1.60. The molecule has 1 N–H and O–H groups in total. The van der Waals surface area contributed by atoms with Gasteiger partial charge in [-0.2, -0.15) is 0 Å². The van der Waals surface area contributed by atoms with Gasteiger partial charge in [-0.3, -0.25) is 0 Å². The van der Waals surface area contributed by atoms with E-state index in [4.69, 9.17) is 5.84 Å². The quantitative estimate of drug-likeness (QED) is 0.521. The minimum absolute atomic E-state index is 0.692. The van der Waals surface area contributed by atoms with E-state index < -0.39 is 0 Å². The van der Waals surface area contributed by atoms with Gasteiger partial charge in [0.2, 0.25) is 0 Å². The number of hydrogen-bond donors (Lipinski definition) is 0. The van der Waals surface area contributed by atoms with Gasteiger partial charge in [-0.1, -0.05) is 0 Å². The minimum atomic E-state index is 0.692. The van der Waals surface area contributed by atoms with Crippen LogP contribution in [-0.4, -0.2) is 17.0 Å². The van der Waals surface area contributed by atoms with Gasteiger partial charge in [-0.05, 0) is 7.05 Å². The summed E-state index contributed by atoms with van der Waals surface area (Å²) in [4.78, 5) is 7.47. The van der Waals surface area contributed by atoms with Crippen molar-refractivity contribution in [3.8, 4) is 0 Å². The fourth-order valence-electron chi connectivity index (χ4n) is 0.464. The SMILES string of the molecule is CN([NH-])c1cncnc1. The first kappa shape index (κ1) is 5.97. The van der Waals surface area contributed by atoms with E-state index in [1.54, 1.807) is 19.4 Å². The molecule has 1 rings (SSSR count). The van der Waals surface area contributed by atoms with Gasteiger partial charge in [-0.25, -0.2) is 9.97 Å². The molecule has 0 aliphatic rings. The molecule has 1 aromatic heterocycles. The predicted octanol–water partition coefficient (Wildman–Crippen LogP) is 0.880. The topological polar surface area (TPSA) is 52.8 Å². The molecule has 0 unspecified atom stereocenters. The van der Waals surface area contributed by atoms with Crippen LogP contribution >= 0.6 is 0 Å². The first-order valence-electron chi connectivity index (χ1n) is 2.50. The average Bonchev–Trinajstić information content (AvgIpc) is 1.90. The molecule has 0 aliphatic carbocycles. The van der Waals surface area contributed by atoms with Crippen molar-refractivity contribution < 1.29 is 0 Å². The Balaban J connectivity index is 2.85. The van der Waals surface area contributed by atoms with Gasteiger partial charge in [0, 0.05) is 0 Å². The van der Waals surface area contributed by atoms with Gasteiger partial charge < -0.3 is 10.9 Å². The first-order valence-corrected chi connectivity index (χ1v) is 2.50. The second-order valence-corrected chi connectivity index (χ2v) is 1.66. The van der Waals surface area contributed by atoms with Crippen molar-refractivity contribution in [3.63, 3.8) is 0 Å². The van der Waals surface area contributed by atoms with Crippen molar-refractivity contribution in [1.82, 2.24) is 9.97 Å². The number of nitrogens with one attached hydrogen (secondary N) is 1. The summed E-state index contributed by atoms with van der Waals surface area (Å²) in [5, 5.41) is 1.21. The van der Waals surface area contributed by atoms with E-state index in [0.29, 0.717) is 5.69 Å². The maximum Gasteiger partial charge on any atom is 0.115 e. The van der Waals surface area contributed by atoms with Crippen molar-refractivity contribution in [2.45, 2.75) is 0 Å². The molecule has 4 nitrogen and oxygen atoms in total. The van der Waals surface area contributed by atoms with Gasteiger partial charge in [0.15, 0.2) is 0 Å². The summed E-state index contributed by atoms with van der Waals surface area (Å²) in [7, 11) is 1.62. The van der Waals surface area contributed by atoms with Crippen LogP contribution in [0.4, 0.5) is 5.69 Å². The van der Waals surface area contributed by atoms with Gasteiger partial charge in [0.25, 0.3) is 0 Å². The summed E-state index contributed by atoms with van der Waals surface area (Å²) >= 11 is 0. The Morgan fingerprint density at radius 3 is 2.33 bits per heavy atom. The second kappa shape index (κ2) is 2.41. The average molecular weight is 123 g/mol. The van der Waals surface area contributed by atoms with Crippen molar-refractivity contribution in [3.05, 3.63) is 24.6 Å². The summed E-state index contributed by atoms with van der Waals surface area (Å²) < 4.78 is 0. The van der Waals surface area contributed by atoms with Crippen LogP contribution in [0.25, 0.3) is 5.84 Å². The van der Waals surface area contributed by atoms with Crippen molar-refractivity contribution in [1.29, 1.82) is 0 Å². The predicted molar refractivity (Wildman–Crippen MR) is 34.8 cm³/mol. The normalized spacial score (nSPS) is 9.11. The Bertz CT molecular complexity index is 172. The fourth-order valence-corrected chi connectivity index (χ4v) is 0.464. The number of rotatable bonds is 1. The molecule has 48 valence electrons. The number of nitrogens with zero attached hydrogens (tertiary/aromatic N) is 3. The zero-order chi connectivity index (χ0) is 6.69. The zero-order valence-corrected chi connectivity index (χ0v) is 5.07. The lowest BCUT2D eigenvalue weighted by atomic mass is 10.5. The molecule has 1 heterocycles. The maximum absolute atomic E-state index is 7.07. The lowest BCUT2D eigenvalue weighted by molar-refractivity contribution is 1.11. The molecule has 0 spiro atoms. The summed E-state index contributed by atoms with van der Waals surface area (Å²) in [5.74, 6) is 7.07. The van der Waals surface area contributed by atoms with E-state index in [1.165, 1.54) is 11.3 Å². The minimum Gasteiger partial charge on any atom is -0.583 e.